The van der Waals surface area contributed by atoms with E-state index < -0.39 is 0 Å². The third-order valence-electron chi connectivity index (χ3n) is 2.13. The number of rotatable bonds is 2. The van der Waals surface area contributed by atoms with Crippen LogP contribution in [-0.4, -0.2) is 0 Å². The zero-order chi connectivity index (χ0) is 10.7. The normalized spacial score (nSPS) is 12.2. The molecule has 0 aromatic heterocycles. The summed E-state index contributed by atoms with van der Waals surface area (Å²) in [5.74, 6) is 7.94. The minimum Gasteiger partial charge on any atom is -0.270 e. The van der Waals surface area contributed by atoms with E-state index in [2.05, 4.69) is 27.3 Å². The van der Waals surface area contributed by atoms with Crippen LogP contribution in [-0.2, 0) is 0 Å². The van der Waals surface area contributed by atoms with Gasteiger partial charge >= 0.3 is 0 Å². The molecule has 3 heteroatoms. The summed E-state index contributed by atoms with van der Waals surface area (Å²) < 4.78 is 1.12. The molecule has 0 saturated carbocycles. The van der Waals surface area contributed by atoms with E-state index in [4.69, 9.17) is 12.3 Å². The molecule has 1 aromatic rings. The Kier molecular flexibility index (Phi) is 3.70. The highest BCUT2D eigenvalue weighted by Crippen LogP contribution is 2.25. The van der Waals surface area contributed by atoms with Crippen LogP contribution < -0.4 is 11.3 Å². The van der Waals surface area contributed by atoms with Crippen LogP contribution in [0.5, 0.6) is 0 Å². The Morgan fingerprint density at radius 3 is 2.29 bits per heavy atom. The van der Waals surface area contributed by atoms with Gasteiger partial charge in [-0.15, -0.1) is 6.42 Å². The van der Waals surface area contributed by atoms with Crippen LogP contribution in [0.25, 0.3) is 0 Å². The predicted molar refractivity (Wildman–Crippen MR) is 62.5 cm³/mol. The molecule has 2 nitrogen and oxygen atoms in total. The van der Waals surface area contributed by atoms with Crippen LogP contribution in [0, 0.1) is 26.2 Å². The number of hydrogen-bond donors (Lipinski definition) is 2. The maximum Gasteiger partial charge on any atom is 0.106 e. The zero-order valence-electron chi connectivity index (χ0n) is 8.26. The van der Waals surface area contributed by atoms with Gasteiger partial charge in [0, 0.05) is 4.47 Å². The van der Waals surface area contributed by atoms with Crippen LogP contribution >= 0.6 is 15.9 Å². The number of terminal acetylenes is 1. The molecule has 0 heterocycles. The summed E-state index contributed by atoms with van der Waals surface area (Å²) in [5.41, 5.74) is 5.94. The Hall–Kier alpha value is -0.820. The molecule has 1 atom stereocenters. The molecular formula is C11H13BrN2. The van der Waals surface area contributed by atoms with Crippen molar-refractivity contribution in [2.45, 2.75) is 19.9 Å². The Morgan fingerprint density at radius 2 is 1.93 bits per heavy atom. The Morgan fingerprint density at radius 1 is 1.43 bits per heavy atom. The molecule has 0 saturated heterocycles. The second-order valence-corrected chi connectivity index (χ2v) is 4.03. The first-order chi connectivity index (χ1) is 6.60. The third kappa shape index (κ3) is 2.16. The summed E-state index contributed by atoms with van der Waals surface area (Å²) >= 11 is 3.50. The van der Waals surface area contributed by atoms with Gasteiger partial charge in [0.25, 0.3) is 0 Å². The van der Waals surface area contributed by atoms with Crippen molar-refractivity contribution in [2.75, 3.05) is 0 Å². The van der Waals surface area contributed by atoms with E-state index in [9.17, 15) is 0 Å². The van der Waals surface area contributed by atoms with Crippen molar-refractivity contribution in [3.8, 4) is 12.3 Å². The summed E-state index contributed by atoms with van der Waals surface area (Å²) in [6.07, 6.45) is 5.35. The first-order valence-corrected chi connectivity index (χ1v) is 5.08. The van der Waals surface area contributed by atoms with E-state index in [1.54, 1.807) is 0 Å². The topological polar surface area (TPSA) is 38.0 Å². The van der Waals surface area contributed by atoms with Crippen molar-refractivity contribution in [1.29, 1.82) is 0 Å². The van der Waals surface area contributed by atoms with Crippen molar-refractivity contribution in [3.05, 3.63) is 33.3 Å². The quantitative estimate of drug-likeness (QED) is 0.481. The molecule has 1 rings (SSSR count). The summed E-state index contributed by atoms with van der Waals surface area (Å²) in [6, 6.07) is 3.84. The van der Waals surface area contributed by atoms with Gasteiger partial charge in [0.15, 0.2) is 0 Å². The Balaban J connectivity index is 3.19. The Labute approximate surface area is 93.0 Å². The second kappa shape index (κ2) is 4.61. The van der Waals surface area contributed by atoms with E-state index in [1.165, 1.54) is 0 Å². The summed E-state index contributed by atoms with van der Waals surface area (Å²) in [5, 5.41) is 0. The first kappa shape index (κ1) is 11.3. The van der Waals surface area contributed by atoms with E-state index in [0.717, 1.165) is 21.2 Å². The Bertz CT molecular complexity index is 356. The smallest absolute Gasteiger partial charge is 0.106 e. The molecule has 0 spiro atoms. The molecule has 3 N–H and O–H groups in total. The molecule has 74 valence electrons. The summed E-state index contributed by atoms with van der Waals surface area (Å²) in [7, 11) is 0. The van der Waals surface area contributed by atoms with Gasteiger partial charge in [0.05, 0.1) is 0 Å². The average Bonchev–Trinajstić information content (AvgIpc) is 2.16. The number of halogens is 1. The minimum absolute atomic E-state index is 0.222. The molecule has 0 bridgehead atoms. The van der Waals surface area contributed by atoms with Crippen molar-refractivity contribution in [1.82, 2.24) is 5.43 Å². The average molecular weight is 253 g/mol. The monoisotopic (exact) mass is 252 g/mol. The lowest BCUT2D eigenvalue weighted by Gasteiger charge is -2.12. The highest BCUT2D eigenvalue weighted by Gasteiger charge is 2.08. The zero-order valence-corrected chi connectivity index (χ0v) is 9.85. The minimum atomic E-state index is -0.222. The summed E-state index contributed by atoms with van der Waals surface area (Å²) in [4.78, 5) is 0. The third-order valence-corrected chi connectivity index (χ3v) is 3.38. The SMILES string of the molecule is C#CC(NN)c1cc(C)c(Br)c(C)c1. The molecular weight excluding hydrogens is 240 g/mol. The van der Waals surface area contributed by atoms with Gasteiger partial charge in [-0.25, -0.2) is 5.43 Å². The molecule has 0 fully saturated rings. The summed E-state index contributed by atoms with van der Waals surface area (Å²) in [6.45, 7) is 4.06. The van der Waals surface area contributed by atoms with E-state index in [-0.39, 0.29) is 6.04 Å². The molecule has 0 aliphatic heterocycles. The fraction of sp³-hybridized carbons (Fsp3) is 0.273. The van der Waals surface area contributed by atoms with Gasteiger partial charge in [-0.1, -0.05) is 34.0 Å². The highest BCUT2D eigenvalue weighted by atomic mass is 79.9. The maximum atomic E-state index is 5.35. The number of hydrazine groups is 1. The van der Waals surface area contributed by atoms with E-state index in [1.807, 2.05) is 26.0 Å². The van der Waals surface area contributed by atoms with E-state index >= 15 is 0 Å². The molecule has 1 aromatic carbocycles. The van der Waals surface area contributed by atoms with Gasteiger partial charge in [-0.3, -0.25) is 5.84 Å². The van der Waals surface area contributed by atoms with Crippen LogP contribution in [0.4, 0.5) is 0 Å². The highest BCUT2D eigenvalue weighted by molar-refractivity contribution is 9.10. The lowest BCUT2D eigenvalue weighted by molar-refractivity contribution is 0.672. The number of benzene rings is 1. The van der Waals surface area contributed by atoms with Crippen molar-refractivity contribution in [3.63, 3.8) is 0 Å². The van der Waals surface area contributed by atoms with Crippen molar-refractivity contribution >= 4 is 15.9 Å². The van der Waals surface area contributed by atoms with Crippen LogP contribution in [0.3, 0.4) is 0 Å². The largest absolute Gasteiger partial charge is 0.270 e. The standard InChI is InChI=1S/C11H13BrN2/c1-4-10(14-13)9-5-7(2)11(12)8(3)6-9/h1,5-6,10,14H,13H2,2-3H3. The van der Waals surface area contributed by atoms with Crippen molar-refractivity contribution in [2.24, 2.45) is 5.84 Å². The van der Waals surface area contributed by atoms with E-state index in [0.29, 0.717) is 0 Å². The molecule has 1 unspecified atom stereocenters. The molecule has 0 aliphatic rings. The fourth-order valence-electron chi connectivity index (χ4n) is 1.39. The lowest BCUT2D eigenvalue weighted by Crippen LogP contribution is -2.26. The molecule has 0 radical (unpaired) electrons. The fourth-order valence-corrected chi connectivity index (χ4v) is 1.62. The van der Waals surface area contributed by atoms with Crippen LogP contribution in [0.2, 0.25) is 0 Å². The van der Waals surface area contributed by atoms with Gasteiger partial charge in [0.1, 0.15) is 6.04 Å². The number of aryl methyl sites for hydroxylation is 2. The molecule has 14 heavy (non-hydrogen) atoms. The predicted octanol–water partition coefficient (Wildman–Crippen LogP) is 2.20. The van der Waals surface area contributed by atoms with Crippen LogP contribution in [0.15, 0.2) is 16.6 Å². The molecule has 0 amide bonds. The van der Waals surface area contributed by atoms with Crippen LogP contribution in [0.1, 0.15) is 22.7 Å². The number of nitrogens with one attached hydrogen (secondary N) is 1. The number of nitrogens with two attached hydrogens (primary N) is 1. The number of hydrogen-bond acceptors (Lipinski definition) is 2. The van der Waals surface area contributed by atoms with Gasteiger partial charge in [-0.2, -0.15) is 0 Å². The van der Waals surface area contributed by atoms with Crippen molar-refractivity contribution < 1.29 is 0 Å². The van der Waals surface area contributed by atoms with Gasteiger partial charge in [0.2, 0.25) is 0 Å². The van der Waals surface area contributed by atoms with Gasteiger partial charge < -0.3 is 0 Å². The first-order valence-electron chi connectivity index (χ1n) is 4.29. The second-order valence-electron chi connectivity index (χ2n) is 3.24. The maximum absolute atomic E-state index is 5.35. The molecule has 0 aliphatic carbocycles. The lowest BCUT2D eigenvalue weighted by atomic mass is 10.0. The van der Waals surface area contributed by atoms with Gasteiger partial charge in [-0.05, 0) is 30.5 Å².